The fraction of sp³-hybridized carbons (Fsp3) is 0.294. The number of urea groups is 1. The Morgan fingerprint density at radius 2 is 1.92 bits per heavy atom. The van der Waals surface area contributed by atoms with Gasteiger partial charge in [-0.15, -0.1) is 0 Å². The maximum Gasteiger partial charge on any atom is 0.321 e. The molecule has 2 amide bonds. The predicted molar refractivity (Wildman–Crippen MR) is 98.2 cm³/mol. The topological polar surface area (TPSA) is 48.5 Å². The third-order valence-electron chi connectivity index (χ3n) is 4.08. The van der Waals surface area contributed by atoms with E-state index in [1.54, 1.807) is 15.9 Å². The zero-order valence-corrected chi connectivity index (χ0v) is 15.1. The van der Waals surface area contributed by atoms with Gasteiger partial charge in [0, 0.05) is 43.1 Å². The van der Waals surface area contributed by atoms with Gasteiger partial charge in [0.05, 0.1) is 5.02 Å². The van der Waals surface area contributed by atoms with Crippen LogP contribution in [0.25, 0.3) is 0 Å². The molecule has 1 aromatic heterocycles. The first-order chi connectivity index (χ1) is 11.9. The van der Waals surface area contributed by atoms with Gasteiger partial charge in [0.15, 0.2) is 11.6 Å². The molecule has 1 aliphatic rings. The van der Waals surface area contributed by atoms with Crippen LogP contribution in [-0.4, -0.2) is 42.1 Å². The molecule has 8 heteroatoms. The lowest BCUT2D eigenvalue weighted by atomic mass is 10.2. The van der Waals surface area contributed by atoms with Crippen LogP contribution in [0.3, 0.4) is 0 Å². The molecule has 0 bridgehead atoms. The standard InChI is InChI=1S/C17H17Cl2FN4O/c1-11-2-3-13(9-14(11)19)22-17(25)24-6-4-23(5-7-24)16-15(20)8-12(18)10-21-16/h2-3,8-10H,4-7H2,1H3,(H,22,25). The quantitative estimate of drug-likeness (QED) is 0.846. The smallest absolute Gasteiger partial charge is 0.321 e. The zero-order valence-electron chi connectivity index (χ0n) is 13.6. The predicted octanol–water partition coefficient (Wildman–Crippen LogP) is 4.19. The van der Waals surface area contributed by atoms with Crippen molar-refractivity contribution in [3.05, 3.63) is 51.9 Å². The molecule has 1 N–H and O–H groups in total. The Hall–Kier alpha value is -2.05. The van der Waals surface area contributed by atoms with Crippen LogP contribution in [0.15, 0.2) is 30.5 Å². The Kier molecular flexibility index (Phi) is 5.30. The number of aromatic nitrogens is 1. The fourth-order valence-corrected chi connectivity index (χ4v) is 2.96. The van der Waals surface area contributed by atoms with Crippen molar-refractivity contribution in [3.63, 3.8) is 0 Å². The second kappa shape index (κ2) is 7.45. The minimum atomic E-state index is -0.459. The molecule has 3 rings (SSSR count). The lowest BCUT2D eigenvalue weighted by molar-refractivity contribution is 0.208. The summed E-state index contributed by atoms with van der Waals surface area (Å²) in [6.07, 6.45) is 1.42. The second-order valence-corrected chi connectivity index (χ2v) is 6.67. The summed E-state index contributed by atoms with van der Waals surface area (Å²) in [6, 6.07) is 6.42. The third-order valence-corrected chi connectivity index (χ3v) is 4.69. The highest BCUT2D eigenvalue weighted by molar-refractivity contribution is 6.31. The number of benzene rings is 1. The molecule has 0 aliphatic carbocycles. The first kappa shape index (κ1) is 17.8. The fourth-order valence-electron chi connectivity index (χ4n) is 2.63. The Morgan fingerprint density at radius 3 is 2.56 bits per heavy atom. The summed E-state index contributed by atoms with van der Waals surface area (Å²) in [5, 5.41) is 3.69. The number of carbonyl (C=O) groups excluding carboxylic acids is 1. The number of anilines is 2. The number of aryl methyl sites for hydroxylation is 1. The SMILES string of the molecule is Cc1ccc(NC(=O)N2CCN(c3ncc(Cl)cc3F)CC2)cc1Cl. The van der Waals surface area contributed by atoms with Crippen LogP contribution in [0.1, 0.15) is 5.56 Å². The molecule has 25 heavy (non-hydrogen) atoms. The van der Waals surface area contributed by atoms with Crippen molar-refractivity contribution in [1.82, 2.24) is 9.88 Å². The Balaban J connectivity index is 1.59. The minimum Gasteiger partial charge on any atom is -0.351 e. The van der Waals surface area contributed by atoms with Crippen LogP contribution in [0, 0.1) is 12.7 Å². The van der Waals surface area contributed by atoms with Gasteiger partial charge in [-0.05, 0) is 30.7 Å². The summed E-state index contributed by atoms with van der Waals surface area (Å²) in [7, 11) is 0. The average molecular weight is 383 g/mol. The van der Waals surface area contributed by atoms with E-state index in [0.717, 1.165) is 5.56 Å². The summed E-state index contributed by atoms with van der Waals surface area (Å²) >= 11 is 11.8. The van der Waals surface area contributed by atoms with Crippen molar-refractivity contribution in [2.45, 2.75) is 6.92 Å². The van der Waals surface area contributed by atoms with Crippen molar-refractivity contribution >= 4 is 40.7 Å². The van der Waals surface area contributed by atoms with Crippen LogP contribution in [0.4, 0.5) is 20.7 Å². The van der Waals surface area contributed by atoms with E-state index in [1.807, 2.05) is 19.1 Å². The highest BCUT2D eigenvalue weighted by Gasteiger charge is 2.23. The van der Waals surface area contributed by atoms with Crippen molar-refractivity contribution in [2.75, 3.05) is 36.4 Å². The number of pyridine rings is 1. The van der Waals surface area contributed by atoms with Crippen molar-refractivity contribution in [1.29, 1.82) is 0 Å². The van der Waals surface area contributed by atoms with E-state index in [1.165, 1.54) is 12.3 Å². The van der Waals surface area contributed by atoms with E-state index in [-0.39, 0.29) is 16.9 Å². The molecule has 1 aliphatic heterocycles. The van der Waals surface area contributed by atoms with Gasteiger partial charge >= 0.3 is 6.03 Å². The van der Waals surface area contributed by atoms with Gasteiger partial charge in [-0.1, -0.05) is 29.3 Å². The normalized spacial score (nSPS) is 14.6. The van der Waals surface area contributed by atoms with Crippen LogP contribution in [0.2, 0.25) is 10.0 Å². The number of carbonyl (C=O) groups is 1. The van der Waals surface area contributed by atoms with Crippen LogP contribution in [0.5, 0.6) is 0 Å². The summed E-state index contributed by atoms with van der Waals surface area (Å²) in [5.41, 5.74) is 1.60. The van der Waals surface area contributed by atoms with E-state index in [0.29, 0.717) is 36.9 Å². The molecule has 1 fully saturated rings. The molecular weight excluding hydrogens is 366 g/mol. The number of rotatable bonds is 2. The number of piperazine rings is 1. The van der Waals surface area contributed by atoms with Crippen LogP contribution >= 0.6 is 23.2 Å². The number of halogens is 3. The Labute approximate surface area is 155 Å². The van der Waals surface area contributed by atoms with E-state index < -0.39 is 5.82 Å². The molecule has 0 spiro atoms. The Bertz CT molecular complexity index is 794. The molecular formula is C17H17Cl2FN4O. The maximum absolute atomic E-state index is 14.0. The third kappa shape index (κ3) is 4.14. The molecule has 2 heterocycles. The molecule has 1 saturated heterocycles. The molecule has 132 valence electrons. The number of hydrogen-bond donors (Lipinski definition) is 1. The average Bonchev–Trinajstić information content (AvgIpc) is 2.58. The van der Waals surface area contributed by atoms with Gasteiger partial charge < -0.3 is 15.1 Å². The lowest BCUT2D eigenvalue weighted by Crippen LogP contribution is -2.50. The molecule has 5 nitrogen and oxygen atoms in total. The van der Waals surface area contributed by atoms with E-state index in [9.17, 15) is 9.18 Å². The first-order valence-corrected chi connectivity index (χ1v) is 8.57. The largest absolute Gasteiger partial charge is 0.351 e. The maximum atomic E-state index is 14.0. The van der Waals surface area contributed by atoms with E-state index in [2.05, 4.69) is 10.3 Å². The number of amides is 2. The van der Waals surface area contributed by atoms with Gasteiger partial charge in [0.25, 0.3) is 0 Å². The first-order valence-electron chi connectivity index (χ1n) is 7.82. The van der Waals surface area contributed by atoms with Crippen LogP contribution < -0.4 is 10.2 Å². The summed E-state index contributed by atoms with van der Waals surface area (Å²) in [5.74, 6) is -0.200. The monoisotopic (exact) mass is 382 g/mol. The molecule has 0 saturated carbocycles. The molecule has 0 atom stereocenters. The molecule has 0 radical (unpaired) electrons. The van der Waals surface area contributed by atoms with Gasteiger partial charge in [-0.25, -0.2) is 14.2 Å². The van der Waals surface area contributed by atoms with Crippen molar-refractivity contribution in [2.24, 2.45) is 0 Å². The summed E-state index contributed by atoms with van der Waals surface area (Å²) < 4.78 is 14.0. The van der Waals surface area contributed by atoms with Gasteiger partial charge in [0.1, 0.15) is 0 Å². The summed E-state index contributed by atoms with van der Waals surface area (Å²) in [4.78, 5) is 19.9. The molecule has 2 aromatic rings. The number of hydrogen-bond acceptors (Lipinski definition) is 3. The lowest BCUT2D eigenvalue weighted by Gasteiger charge is -2.35. The van der Waals surface area contributed by atoms with Gasteiger partial charge in [-0.3, -0.25) is 0 Å². The van der Waals surface area contributed by atoms with Gasteiger partial charge in [-0.2, -0.15) is 0 Å². The zero-order chi connectivity index (χ0) is 18.0. The van der Waals surface area contributed by atoms with E-state index >= 15 is 0 Å². The van der Waals surface area contributed by atoms with Gasteiger partial charge in [0.2, 0.25) is 0 Å². The second-order valence-electron chi connectivity index (χ2n) is 5.83. The van der Waals surface area contributed by atoms with Crippen molar-refractivity contribution in [3.8, 4) is 0 Å². The highest BCUT2D eigenvalue weighted by Crippen LogP contribution is 2.22. The highest BCUT2D eigenvalue weighted by atomic mass is 35.5. The van der Waals surface area contributed by atoms with E-state index in [4.69, 9.17) is 23.2 Å². The Morgan fingerprint density at radius 1 is 1.20 bits per heavy atom. The number of nitrogens with one attached hydrogen (secondary N) is 1. The minimum absolute atomic E-state index is 0.205. The van der Waals surface area contributed by atoms with Crippen molar-refractivity contribution < 1.29 is 9.18 Å². The molecule has 1 aromatic carbocycles. The molecule has 0 unspecified atom stereocenters. The summed E-state index contributed by atoms with van der Waals surface area (Å²) in [6.45, 7) is 3.82. The number of nitrogens with zero attached hydrogens (tertiary/aromatic N) is 3. The van der Waals surface area contributed by atoms with Crippen LogP contribution in [-0.2, 0) is 0 Å².